The number of guanidine groups is 1. The van der Waals surface area contributed by atoms with E-state index >= 15 is 0 Å². The molecule has 3 nitrogen and oxygen atoms in total. The van der Waals surface area contributed by atoms with E-state index in [9.17, 15) is 4.39 Å². The summed E-state index contributed by atoms with van der Waals surface area (Å²) < 4.78 is 12.8. The van der Waals surface area contributed by atoms with Gasteiger partial charge in [0.15, 0.2) is 5.96 Å². The number of rotatable bonds is 6. The molecule has 2 N–H and O–H groups in total. The van der Waals surface area contributed by atoms with Gasteiger partial charge in [-0.05, 0) is 42.0 Å². The number of thiophene rings is 1. The van der Waals surface area contributed by atoms with Gasteiger partial charge in [-0.1, -0.05) is 18.2 Å². The van der Waals surface area contributed by atoms with Crippen molar-refractivity contribution in [2.45, 2.75) is 12.8 Å². The molecule has 0 fully saturated rings. The normalized spacial score (nSPS) is 11.4. The van der Waals surface area contributed by atoms with Gasteiger partial charge >= 0.3 is 0 Å². The van der Waals surface area contributed by atoms with Crippen molar-refractivity contribution in [3.63, 3.8) is 0 Å². The Morgan fingerprint density at radius 1 is 1.10 bits per heavy atom. The molecular formula is C16H20FN3S. The summed E-state index contributed by atoms with van der Waals surface area (Å²) in [5.41, 5.74) is 1.11. The first-order valence-electron chi connectivity index (χ1n) is 6.99. The fourth-order valence-electron chi connectivity index (χ4n) is 1.96. The minimum absolute atomic E-state index is 0.197. The van der Waals surface area contributed by atoms with Crippen molar-refractivity contribution in [2.24, 2.45) is 4.99 Å². The lowest BCUT2D eigenvalue weighted by molar-refractivity contribution is 0.626. The number of benzene rings is 1. The maximum absolute atomic E-state index is 12.8. The smallest absolute Gasteiger partial charge is 0.190 e. The minimum atomic E-state index is -0.197. The quantitative estimate of drug-likeness (QED) is 0.636. The first kappa shape index (κ1) is 15.5. The molecule has 21 heavy (non-hydrogen) atoms. The third-order valence-electron chi connectivity index (χ3n) is 3.09. The molecule has 0 aliphatic heterocycles. The number of nitrogens with zero attached hydrogens (tertiary/aromatic N) is 1. The highest BCUT2D eigenvalue weighted by atomic mass is 32.1. The van der Waals surface area contributed by atoms with E-state index < -0.39 is 0 Å². The maximum atomic E-state index is 12.8. The van der Waals surface area contributed by atoms with Gasteiger partial charge < -0.3 is 10.6 Å². The SMILES string of the molecule is CN=C(NCCc1ccc(F)cc1)NCCc1cccs1. The van der Waals surface area contributed by atoms with E-state index in [1.165, 1.54) is 17.0 Å². The van der Waals surface area contributed by atoms with E-state index in [-0.39, 0.29) is 5.82 Å². The summed E-state index contributed by atoms with van der Waals surface area (Å²) in [6, 6.07) is 10.8. The summed E-state index contributed by atoms with van der Waals surface area (Å²) in [6.07, 6.45) is 1.84. The van der Waals surface area contributed by atoms with Crippen molar-refractivity contribution in [2.75, 3.05) is 20.1 Å². The van der Waals surface area contributed by atoms with Crippen molar-refractivity contribution >= 4 is 17.3 Å². The Bertz CT molecular complexity index is 549. The predicted molar refractivity (Wildman–Crippen MR) is 87.5 cm³/mol. The maximum Gasteiger partial charge on any atom is 0.190 e. The first-order valence-corrected chi connectivity index (χ1v) is 7.87. The second-order valence-electron chi connectivity index (χ2n) is 4.63. The summed E-state index contributed by atoms with van der Waals surface area (Å²) in [5, 5.41) is 8.64. The van der Waals surface area contributed by atoms with Gasteiger partial charge in [-0.2, -0.15) is 0 Å². The third-order valence-corrected chi connectivity index (χ3v) is 4.02. The highest BCUT2D eigenvalue weighted by Gasteiger charge is 1.99. The standard InChI is InChI=1S/C16H20FN3S/c1-18-16(20-11-9-15-3-2-12-21-15)19-10-8-13-4-6-14(17)7-5-13/h2-7,12H,8-11H2,1H3,(H2,18,19,20). The molecule has 0 aliphatic carbocycles. The van der Waals surface area contributed by atoms with Crippen LogP contribution in [0, 0.1) is 5.82 Å². The monoisotopic (exact) mass is 305 g/mol. The Hall–Kier alpha value is -1.88. The molecule has 0 radical (unpaired) electrons. The molecule has 2 aromatic rings. The lowest BCUT2D eigenvalue weighted by Crippen LogP contribution is -2.39. The second kappa shape index (κ2) is 8.42. The third kappa shape index (κ3) is 5.55. The Kier molecular flexibility index (Phi) is 6.22. The molecule has 0 aliphatic rings. The molecule has 5 heteroatoms. The molecule has 1 aromatic carbocycles. The van der Waals surface area contributed by atoms with Gasteiger partial charge in [0.25, 0.3) is 0 Å². The molecule has 1 heterocycles. The van der Waals surface area contributed by atoms with Gasteiger partial charge in [0.2, 0.25) is 0 Å². The Balaban J connectivity index is 1.66. The van der Waals surface area contributed by atoms with Crippen LogP contribution in [0.1, 0.15) is 10.4 Å². The van der Waals surface area contributed by atoms with Crippen LogP contribution in [0.2, 0.25) is 0 Å². The molecule has 0 bridgehead atoms. The minimum Gasteiger partial charge on any atom is -0.356 e. The van der Waals surface area contributed by atoms with Crippen LogP contribution in [0.5, 0.6) is 0 Å². The van der Waals surface area contributed by atoms with Crippen molar-refractivity contribution in [3.8, 4) is 0 Å². The summed E-state index contributed by atoms with van der Waals surface area (Å²) in [4.78, 5) is 5.56. The van der Waals surface area contributed by atoms with Gasteiger partial charge in [0, 0.05) is 25.0 Å². The van der Waals surface area contributed by atoms with Crippen molar-refractivity contribution in [1.29, 1.82) is 0 Å². The molecule has 0 saturated heterocycles. The molecule has 0 spiro atoms. The van der Waals surface area contributed by atoms with Crippen molar-refractivity contribution < 1.29 is 4.39 Å². The average molecular weight is 305 g/mol. The topological polar surface area (TPSA) is 36.4 Å². The Labute approximate surface area is 128 Å². The van der Waals surface area contributed by atoms with Gasteiger partial charge in [-0.25, -0.2) is 4.39 Å². The Morgan fingerprint density at radius 2 is 1.81 bits per heavy atom. The van der Waals surface area contributed by atoms with Gasteiger partial charge in [0.1, 0.15) is 5.82 Å². The van der Waals surface area contributed by atoms with E-state index in [2.05, 4.69) is 33.1 Å². The number of hydrogen-bond donors (Lipinski definition) is 2. The van der Waals surface area contributed by atoms with E-state index in [1.807, 2.05) is 12.1 Å². The molecular weight excluding hydrogens is 285 g/mol. The summed E-state index contributed by atoms with van der Waals surface area (Å²) in [5.74, 6) is 0.603. The summed E-state index contributed by atoms with van der Waals surface area (Å²) in [6.45, 7) is 1.63. The zero-order chi connectivity index (χ0) is 14.9. The molecule has 2 rings (SSSR count). The lowest BCUT2D eigenvalue weighted by Gasteiger charge is -2.11. The van der Waals surface area contributed by atoms with E-state index in [1.54, 1.807) is 18.4 Å². The number of nitrogens with one attached hydrogen (secondary N) is 2. The average Bonchev–Trinajstić information content (AvgIpc) is 3.01. The first-order chi connectivity index (χ1) is 10.3. The van der Waals surface area contributed by atoms with E-state index in [0.717, 1.165) is 37.5 Å². The predicted octanol–water partition coefficient (Wildman–Crippen LogP) is 2.84. The number of aliphatic imine (C=N–C) groups is 1. The fourth-order valence-corrected chi connectivity index (χ4v) is 2.66. The van der Waals surface area contributed by atoms with Crippen LogP contribution in [-0.4, -0.2) is 26.1 Å². The van der Waals surface area contributed by atoms with Crippen LogP contribution < -0.4 is 10.6 Å². The zero-order valence-corrected chi connectivity index (χ0v) is 12.9. The highest BCUT2D eigenvalue weighted by Crippen LogP contribution is 2.08. The fraction of sp³-hybridized carbons (Fsp3) is 0.312. The van der Waals surface area contributed by atoms with Gasteiger partial charge in [-0.3, -0.25) is 4.99 Å². The summed E-state index contributed by atoms with van der Waals surface area (Å²) in [7, 11) is 1.76. The summed E-state index contributed by atoms with van der Waals surface area (Å²) >= 11 is 1.77. The van der Waals surface area contributed by atoms with Crippen LogP contribution in [0.3, 0.4) is 0 Å². The molecule has 0 unspecified atom stereocenters. The molecule has 0 saturated carbocycles. The molecule has 112 valence electrons. The van der Waals surface area contributed by atoms with Crippen LogP contribution in [-0.2, 0) is 12.8 Å². The van der Waals surface area contributed by atoms with Crippen LogP contribution in [0.25, 0.3) is 0 Å². The van der Waals surface area contributed by atoms with Gasteiger partial charge in [-0.15, -0.1) is 11.3 Å². The lowest BCUT2D eigenvalue weighted by atomic mass is 10.1. The van der Waals surface area contributed by atoms with Crippen LogP contribution in [0.4, 0.5) is 4.39 Å². The van der Waals surface area contributed by atoms with Gasteiger partial charge in [0.05, 0.1) is 0 Å². The molecule has 1 aromatic heterocycles. The molecule has 0 atom stereocenters. The van der Waals surface area contributed by atoms with E-state index in [0.29, 0.717) is 0 Å². The zero-order valence-electron chi connectivity index (χ0n) is 12.1. The largest absolute Gasteiger partial charge is 0.356 e. The van der Waals surface area contributed by atoms with Crippen LogP contribution in [0.15, 0.2) is 46.8 Å². The van der Waals surface area contributed by atoms with Crippen molar-refractivity contribution in [3.05, 3.63) is 58.0 Å². The number of halogens is 1. The number of hydrogen-bond acceptors (Lipinski definition) is 2. The van der Waals surface area contributed by atoms with Crippen molar-refractivity contribution in [1.82, 2.24) is 10.6 Å². The Morgan fingerprint density at radius 3 is 2.43 bits per heavy atom. The second-order valence-corrected chi connectivity index (χ2v) is 5.66. The van der Waals surface area contributed by atoms with E-state index in [4.69, 9.17) is 0 Å². The molecule has 0 amide bonds. The van der Waals surface area contributed by atoms with Crippen LogP contribution >= 0.6 is 11.3 Å². The highest BCUT2D eigenvalue weighted by molar-refractivity contribution is 7.09.